The third-order valence-electron chi connectivity index (χ3n) is 4.15. The maximum Gasteiger partial charge on any atom is 0.168 e. The van der Waals surface area contributed by atoms with Crippen LogP contribution in [0.15, 0.2) is 30.7 Å². The van der Waals surface area contributed by atoms with Gasteiger partial charge in [-0.05, 0) is 37.5 Å². The number of rotatable bonds is 5. The molecule has 0 bridgehead atoms. The van der Waals surface area contributed by atoms with Gasteiger partial charge in [0.2, 0.25) is 0 Å². The molecule has 120 valence electrons. The zero-order valence-electron chi connectivity index (χ0n) is 14.2. The Kier molecular flexibility index (Phi) is 4.28. The van der Waals surface area contributed by atoms with Crippen molar-refractivity contribution in [3.63, 3.8) is 0 Å². The van der Waals surface area contributed by atoms with Crippen LogP contribution >= 0.6 is 0 Å². The highest BCUT2D eigenvalue weighted by atomic mass is 15.3. The minimum atomic E-state index is 0.854. The topological polar surface area (TPSA) is 46.8 Å². The van der Waals surface area contributed by atoms with E-state index in [2.05, 4.69) is 66.0 Å². The van der Waals surface area contributed by atoms with Gasteiger partial charge in [-0.1, -0.05) is 25.5 Å². The highest BCUT2D eigenvalue weighted by Crippen LogP contribution is 2.25. The number of aromatic nitrogens is 4. The second-order valence-corrected chi connectivity index (χ2v) is 6.06. The Morgan fingerprint density at radius 3 is 2.78 bits per heavy atom. The molecule has 0 amide bonds. The van der Waals surface area contributed by atoms with Crippen LogP contribution in [-0.4, -0.2) is 33.3 Å². The van der Waals surface area contributed by atoms with Crippen molar-refractivity contribution in [2.45, 2.75) is 33.6 Å². The van der Waals surface area contributed by atoms with Crippen molar-refractivity contribution < 1.29 is 0 Å². The molecule has 0 N–H and O–H groups in total. The lowest BCUT2D eigenvalue weighted by Gasteiger charge is -2.18. The van der Waals surface area contributed by atoms with Crippen molar-refractivity contribution in [1.82, 2.24) is 19.7 Å². The van der Waals surface area contributed by atoms with Crippen molar-refractivity contribution in [3.05, 3.63) is 41.9 Å². The Balaban J connectivity index is 2.10. The fraction of sp³-hybridized carbons (Fsp3) is 0.389. The van der Waals surface area contributed by atoms with E-state index in [1.807, 2.05) is 10.9 Å². The maximum absolute atomic E-state index is 4.58. The summed E-state index contributed by atoms with van der Waals surface area (Å²) in [4.78, 5) is 11.1. The Bertz CT molecular complexity index is 821. The van der Waals surface area contributed by atoms with Crippen molar-refractivity contribution in [2.24, 2.45) is 0 Å². The Morgan fingerprint density at radius 2 is 2.00 bits per heavy atom. The fourth-order valence-electron chi connectivity index (χ4n) is 2.76. The quantitative estimate of drug-likeness (QED) is 0.721. The molecule has 0 aliphatic carbocycles. The molecule has 23 heavy (non-hydrogen) atoms. The molecule has 1 aromatic carbocycles. The van der Waals surface area contributed by atoms with Crippen LogP contribution in [0.1, 0.15) is 30.9 Å². The van der Waals surface area contributed by atoms with Crippen LogP contribution < -0.4 is 4.90 Å². The van der Waals surface area contributed by atoms with Crippen LogP contribution in [0.25, 0.3) is 16.7 Å². The third kappa shape index (κ3) is 2.91. The molecule has 3 aromatic rings. The van der Waals surface area contributed by atoms with E-state index in [-0.39, 0.29) is 0 Å². The molecule has 0 fully saturated rings. The minimum absolute atomic E-state index is 0.854. The molecule has 5 nitrogen and oxygen atoms in total. The summed E-state index contributed by atoms with van der Waals surface area (Å²) in [6.45, 7) is 7.37. The lowest BCUT2D eigenvalue weighted by Crippen LogP contribution is -2.19. The molecule has 2 aromatic heterocycles. The summed E-state index contributed by atoms with van der Waals surface area (Å²) < 4.78 is 1.91. The van der Waals surface area contributed by atoms with Crippen LogP contribution in [0, 0.1) is 13.8 Å². The SMILES string of the molecule is CCCCN(C)c1ncnc2c1cnn2-c1cc(C)ccc1C. The third-order valence-corrected chi connectivity index (χ3v) is 4.15. The van der Waals surface area contributed by atoms with E-state index >= 15 is 0 Å². The minimum Gasteiger partial charge on any atom is -0.359 e. The lowest BCUT2D eigenvalue weighted by molar-refractivity contribution is 0.761. The summed E-state index contributed by atoms with van der Waals surface area (Å²) in [7, 11) is 2.08. The van der Waals surface area contributed by atoms with Gasteiger partial charge in [-0.15, -0.1) is 0 Å². The standard InChI is InChI=1S/C18H23N5/c1-5-6-9-22(4)17-15-11-21-23(18(15)20-12-19-17)16-10-13(2)7-8-14(16)3/h7-8,10-12H,5-6,9H2,1-4H3. The molecule has 5 heteroatoms. The highest BCUT2D eigenvalue weighted by Gasteiger charge is 2.14. The van der Waals surface area contributed by atoms with Crippen molar-refractivity contribution >= 4 is 16.9 Å². The predicted octanol–water partition coefficient (Wildman–Crippen LogP) is 3.67. The van der Waals surface area contributed by atoms with Gasteiger partial charge >= 0.3 is 0 Å². The van der Waals surface area contributed by atoms with E-state index in [1.165, 1.54) is 17.5 Å². The summed E-state index contributed by atoms with van der Waals surface area (Å²) >= 11 is 0. The first kappa shape index (κ1) is 15.5. The van der Waals surface area contributed by atoms with Crippen LogP contribution in [0.5, 0.6) is 0 Å². The van der Waals surface area contributed by atoms with E-state index in [4.69, 9.17) is 0 Å². The average molecular weight is 309 g/mol. The summed E-state index contributed by atoms with van der Waals surface area (Å²) in [6, 6.07) is 6.38. The zero-order valence-corrected chi connectivity index (χ0v) is 14.2. The maximum atomic E-state index is 4.58. The highest BCUT2D eigenvalue weighted by molar-refractivity contribution is 5.87. The van der Waals surface area contributed by atoms with Gasteiger partial charge < -0.3 is 4.90 Å². The fourth-order valence-corrected chi connectivity index (χ4v) is 2.76. The number of benzene rings is 1. The normalized spacial score (nSPS) is 11.1. The van der Waals surface area contributed by atoms with Crippen LogP contribution in [0.2, 0.25) is 0 Å². The van der Waals surface area contributed by atoms with Gasteiger partial charge in [-0.2, -0.15) is 5.10 Å². The lowest BCUT2D eigenvalue weighted by atomic mass is 10.1. The van der Waals surface area contributed by atoms with E-state index < -0.39 is 0 Å². The van der Waals surface area contributed by atoms with Crippen LogP contribution in [0.4, 0.5) is 5.82 Å². The molecule has 0 spiro atoms. The molecular weight excluding hydrogens is 286 g/mol. The van der Waals surface area contributed by atoms with Gasteiger partial charge in [0.25, 0.3) is 0 Å². The Morgan fingerprint density at radius 1 is 1.17 bits per heavy atom. The summed E-state index contributed by atoms with van der Waals surface area (Å²) in [5.74, 6) is 0.944. The van der Waals surface area contributed by atoms with Gasteiger partial charge in [-0.3, -0.25) is 0 Å². The smallest absolute Gasteiger partial charge is 0.168 e. The van der Waals surface area contributed by atoms with Gasteiger partial charge in [0.15, 0.2) is 5.65 Å². The molecule has 0 saturated heterocycles. The number of hydrogen-bond acceptors (Lipinski definition) is 4. The summed E-state index contributed by atoms with van der Waals surface area (Å²) in [5, 5.41) is 5.57. The number of anilines is 1. The Labute approximate surface area is 137 Å². The number of hydrogen-bond donors (Lipinski definition) is 0. The molecule has 2 heterocycles. The van der Waals surface area contributed by atoms with E-state index in [0.29, 0.717) is 0 Å². The van der Waals surface area contributed by atoms with Gasteiger partial charge in [0.1, 0.15) is 12.1 Å². The van der Waals surface area contributed by atoms with Crippen molar-refractivity contribution in [2.75, 3.05) is 18.5 Å². The largest absolute Gasteiger partial charge is 0.359 e. The first-order valence-corrected chi connectivity index (χ1v) is 8.09. The van der Waals surface area contributed by atoms with Crippen LogP contribution in [0.3, 0.4) is 0 Å². The summed E-state index contributed by atoms with van der Waals surface area (Å²) in [5.41, 5.74) is 4.32. The molecule has 0 aliphatic heterocycles. The molecule has 0 saturated carbocycles. The van der Waals surface area contributed by atoms with Crippen molar-refractivity contribution in [1.29, 1.82) is 0 Å². The van der Waals surface area contributed by atoms with E-state index in [1.54, 1.807) is 6.33 Å². The second-order valence-electron chi connectivity index (χ2n) is 6.06. The second kappa shape index (κ2) is 6.36. The monoisotopic (exact) mass is 309 g/mol. The molecule has 0 aliphatic rings. The predicted molar refractivity (Wildman–Crippen MR) is 94.3 cm³/mol. The molecule has 0 radical (unpaired) electrons. The van der Waals surface area contributed by atoms with Gasteiger partial charge in [0.05, 0.1) is 17.3 Å². The molecular formula is C18H23N5. The molecule has 0 unspecified atom stereocenters. The first-order valence-electron chi connectivity index (χ1n) is 8.09. The zero-order chi connectivity index (χ0) is 16.4. The van der Waals surface area contributed by atoms with Gasteiger partial charge in [0, 0.05) is 13.6 Å². The van der Waals surface area contributed by atoms with E-state index in [0.717, 1.165) is 35.5 Å². The molecule has 0 atom stereocenters. The Hall–Kier alpha value is -2.43. The number of fused-ring (bicyclic) bond motifs is 1. The van der Waals surface area contributed by atoms with E-state index in [9.17, 15) is 0 Å². The van der Waals surface area contributed by atoms with Crippen LogP contribution in [-0.2, 0) is 0 Å². The number of nitrogens with zero attached hydrogens (tertiary/aromatic N) is 5. The molecule has 3 rings (SSSR count). The summed E-state index contributed by atoms with van der Waals surface area (Å²) in [6.07, 6.45) is 5.81. The van der Waals surface area contributed by atoms with Crippen molar-refractivity contribution in [3.8, 4) is 5.69 Å². The first-order chi connectivity index (χ1) is 11.1. The average Bonchev–Trinajstić information content (AvgIpc) is 2.98. The number of aryl methyl sites for hydroxylation is 2. The number of unbranched alkanes of at least 4 members (excludes halogenated alkanes) is 1. The van der Waals surface area contributed by atoms with Gasteiger partial charge in [-0.25, -0.2) is 14.6 Å².